The zero-order valence-electron chi connectivity index (χ0n) is 16.9. The van der Waals surface area contributed by atoms with Gasteiger partial charge in [-0.3, -0.25) is 19.9 Å². The number of aromatic nitrogens is 3. The maximum absolute atomic E-state index is 13.0. The van der Waals surface area contributed by atoms with Gasteiger partial charge in [0.2, 0.25) is 0 Å². The van der Waals surface area contributed by atoms with E-state index in [1.165, 1.54) is 11.3 Å². The quantitative estimate of drug-likeness (QED) is 0.292. The highest BCUT2D eigenvalue weighted by Gasteiger charge is 2.20. The first kappa shape index (κ1) is 21.0. The summed E-state index contributed by atoms with van der Waals surface area (Å²) >= 11 is 4.64. The Bertz CT molecular complexity index is 1310. The van der Waals surface area contributed by atoms with Crippen molar-refractivity contribution in [3.05, 3.63) is 64.3 Å². The van der Waals surface area contributed by atoms with Crippen LogP contribution in [0.1, 0.15) is 27.3 Å². The summed E-state index contributed by atoms with van der Waals surface area (Å²) in [6, 6.07) is 11.3. The van der Waals surface area contributed by atoms with Crippen LogP contribution in [0.25, 0.3) is 10.2 Å². The minimum Gasteiger partial charge on any atom is -0.383 e. The van der Waals surface area contributed by atoms with Crippen LogP contribution in [-0.2, 0) is 13.6 Å². The van der Waals surface area contributed by atoms with E-state index in [1.54, 1.807) is 23.2 Å². The van der Waals surface area contributed by atoms with Crippen molar-refractivity contribution >= 4 is 65.2 Å². The molecule has 0 aliphatic carbocycles. The Labute approximate surface area is 191 Å². The standard InChI is InChI=1S/C21H20BrN7OS/c1-11-5-3-6-12(26-11)9-25-14-7-4-8-15(16(14)19(22)23)27-21(30)13-10-31-18-17(13)28-29(2)20(18)24/h3-8,10,23,25H,9,24H2,1-2H3,(H,27,30). The summed E-state index contributed by atoms with van der Waals surface area (Å²) in [6.45, 7) is 2.43. The number of halogens is 1. The zero-order valence-corrected chi connectivity index (χ0v) is 19.3. The molecule has 3 heterocycles. The van der Waals surface area contributed by atoms with Gasteiger partial charge < -0.3 is 16.4 Å². The number of nitrogen functional groups attached to an aromatic ring is 1. The fourth-order valence-corrected chi connectivity index (χ4v) is 4.66. The number of hydrogen-bond acceptors (Lipinski definition) is 7. The molecule has 0 bridgehead atoms. The van der Waals surface area contributed by atoms with Crippen molar-refractivity contribution in [2.45, 2.75) is 13.5 Å². The molecule has 4 rings (SSSR count). The molecule has 1 aromatic carbocycles. The van der Waals surface area contributed by atoms with Gasteiger partial charge in [-0.1, -0.05) is 12.1 Å². The third kappa shape index (κ3) is 4.17. The molecule has 0 saturated carbocycles. The predicted molar refractivity (Wildman–Crippen MR) is 129 cm³/mol. The van der Waals surface area contributed by atoms with Gasteiger partial charge in [-0.25, -0.2) is 0 Å². The van der Waals surface area contributed by atoms with Crippen LogP contribution in [-0.4, -0.2) is 25.3 Å². The minimum atomic E-state index is -0.308. The van der Waals surface area contributed by atoms with Gasteiger partial charge in [-0.15, -0.1) is 11.3 Å². The van der Waals surface area contributed by atoms with Gasteiger partial charge in [0.15, 0.2) is 0 Å². The second-order valence-corrected chi connectivity index (χ2v) is 8.63. The highest BCUT2D eigenvalue weighted by atomic mass is 79.9. The zero-order chi connectivity index (χ0) is 22.1. The SMILES string of the molecule is Cc1cccc(CNc2cccc(NC(=O)c3csc4c(N)n(C)nc34)c2C(=N)Br)n1. The van der Waals surface area contributed by atoms with Crippen LogP contribution < -0.4 is 16.4 Å². The summed E-state index contributed by atoms with van der Waals surface area (Å²) in [5, 5.41) is 20.5. The lowest BCUT2D eigenvalue weighted by Gasteiger charge is -2.15. The third-order valence-electron chi connectivity index (χ3n) is 4.78. The molecule has 3 aromatic heterocycles. The number of nitrogens with two attached hydrogens (primary N) is 1. The number of aryl methyl sites for hydroxylation is 2. The molecular formula is C21H20BrN7OS. The molecule has 0 spiro atoms. The van der Waals surface area contributed by atoms with E-state index >= 15 is 0 Å². The van der Waals surface area contributed by atoms with Crippen LogP contribution in [0.5, 0.6) is 0 Å². The number of hydrogen-bond donors (Lipinski definition) is 4. The summed E-state index contributed by atoms with van der Waals surface area (Å²) in [4.78, 5) is 17.5. The molecule has 0 unspecified atom stereocenters. The Kier molecular flexibility index (Phi) is 5.75. The lowest BCUT2D eigenvalue weighted by molar-refractivity contribution is 0.102. The van der Waals surface area contributed by atoms with E-state index in [2.05, 4.69) is 36.6 Å². The third-order valence-corrected chi connectivity index (χ3v) is 6.17. The van der Waals surface area contributed by atoms with Crippen LogP contribution in [0.4, 0.5) is 17.2 Å². The molecule has 31 heavy (non-hydrogen) atoms. The van der Waals surface area contributed by atoms with Crippen LogP contribution in [0.2, 0.25) is 0 Å². The molecular weight excluding hydrogens is 478 g/mol. The number of thiophene rings is 1. The maximum atomic E-state index is 13.0. The normalized spacial score (nSPS) is 10.9. The van der Waals surface area contributed by atoms with Gasteiger partial charge in [0.1, 0.15) is 16.0 Å². The molecule has 0 atom stereocenters. The number of carbonyl (C=O) groups excluding carboxylic acids is 1. The van der Waals surface area contributed by atoms with E-state index in [4.69, 9.17) is 11.1 Å². The Balaban J connectivity index is 1.61. The van der Waals surface area contributed by atoms with Gasteiger partial charge in [-0.05, 0) is 47.1 Å². The lowest BCUT2D eigenvalue weighted by Crippen LogP contribution is -2.15. The van der Waals surface area contributed by atoms with E-state index in [-0.39, 0.29) is 10.5 Å². The van der Waals surface area contributed by atoms with Crippen molar-refractivity contribution < 1.29 is 4.79 Å². The Morgan fingerprint density at radius 3 is 2.74 bits per heavy atom. The average Bonchev–Trinajstić information content (AvgIpc) is 3.26. The minimum absolute atomic E-state index is 0.153. The number of pyridine rings is 1. The van der Waals surface area contributed by atoms with Crippen molar-refractivity contribution in [1.29, 1.82) is 5.41 Å². The maximum Gasteiger partial charge on any atom is 0.258 e. The molecule has 0 radical (unpaired) electrons. The predicted octanol–water partition coefficient (Wildman–Crippen LogP) is 4.51. The molecule has 1 amide bonds. The molecule has 158 valence electrons. The molecule has 0 aliphatic rings. The van der Waals surface area contributed by atoms with Gasteiger partial charge in [0, 0.05) is 23.8 Å². The number of benzene rings is 1. The summed E-state index contributed by atoms with van der Waals surface area (Å²) in [5.41, 5.74) is 10.6. The fourth-order valence-electron chi connectivity index (χ4n) is 3.26. The molecule has 10 heteroatoms. The second kappa shape index (κ2) is 8.48. The van der Waals surface area contributed by atoms with Crippen molar-refractivity contribution in [2.24, 2.45) is 7.05 Å². The monoisotopic (exact) mass is 497 g/mol. The van der Waals surface area contributed by atoms with E-state index < -0.39 is 0 Å². The summed E-state index contributed by atoms with van der Waals surface area (Å²) in [6.07, 6.45) is 0. The number of nitrogens with one attached hydrogen (secondary N) is 3. The summed E-state index contributed by atoms with van der Waals surface area (Å²) < 4.78 is 2.49. The van der Waals surface area contributed by atoms with E-state index in [0.29, 0.717) is 40.4 Å². The van der Waals surface area contributed by atoms with Crippen molar-refractivity contribution in [3.8, 4) is 0 Å². The first-order valence-corrected chi connectivity index (χ1v) is 11.1. The second-order valence-electron chi connectivity index (χ2n) is 6.96. The van der Waals surface area contributed by atoms with Gasteiger partial charge in [-0.2, -0.15) is 5.10 Å². The number of anilines is 3. The van der Waals surface area contributed by atoms with Gasteiger partial charge >= 0.3 is 0 Å². The number of fused-ring (bicyclic) bond motifs is 1. The number of carbonyl (C=O) groups is 1. The van der Waals surface area contributed by atoms with Crippen LogP contribution in [0.15, 0.2) is 41.8 Å². The summed E-state index contributed by atoms with van der Waals surface area (Å²) in [7, 11) is 1.74. The fraction of sp³-hybridized carbons (Fsp3) is 0.143. The first-order valence-electron chi connectivity index (χ1n) is 9.40. The molecule has 0 aliphatic heterocycles. The Morgan fingerprint density at radius 2 is 2.00 bits per heavy atom. The van der Waals surface area contributed by atoms with E-state index in [9.17, 15) is 4.79 Å². The smallest absolute Gasteiger partial charge is 0.258 e. The molecule has 8 nitrogen and oxygen atoms in total. The topological polar surface area (TPSA) is 122 Å². The highest BCUT2D eigenvalue weighted by molar-refractivity contribution is 9.18. The van der Waals surface area contributed by atoms with Crippen LogP contribution in [0, 0.1) is 12.3 Å². The average molecular weight is 498 g/mol. The summed E-state index contributed by atoms with van der Waals surface area (Å²) in [5.74, 6) is 0.217. The number of amides is 1. The van der Waals surface area contributed by atoms with E-state index in [1.807, 2.05) is 37.3 Å². The van der Waals surface area contributed by atoms with Crippen molar-refractivity contribution in [3.63, 3.8) is 0 Å². The first-order chi connectivity index (χ1) is 14.8. The highest BCUT2D eigenvalue weighted by Crippen LogP contribution is 2.32. The molecule has 4 aromatic rings. The number of nitrogens with zero attached hydrogens (tertiary/aromatic N) is 3. The van der Waals surface area contributed by atoms with Crippen molar-refractivity contribution in [2.75, 3.05) is 16.4 Å². The van der Waals surface area contributed by atoms with Crippen molar-refractivity contribution in [1.82, 2.24) is 14.8 Å². The lowest BCUT2D eigenvalue weighted by atomic mass is 10.1. The Hall–Kier alpha value is -3.24. The Morgan fingerprint density at radius 1 is 1.26 bits per heavy atom. The number of rotatable bonds is 6. The largest absolute Gasteiger partial charge is 0.383 e. The van der Waals surface area contributed by atoms with Crippen LogP contribution >= 0.6 is 27.3 Å². The van der Waals surface area contributed by atoms with Gasteiger partial charge in [0.25, 0.3) is 5.91 Å². The van der Waals surface area contributed by atoms with E-state index in [0.717, 1.165) is 16.1 Å². The van der Waals surface area contributed by atoms with Gasteiger partial charge in [0.05, 0.1) is 33.8 Å². The molecule has 5 N–H and O–H groups in total. The van der Waals surface area contributed by atoms with Crippen LogP contribution in [0.3, 0.4) is 0 Å². The molecule has 0 fully saturated rings. The molecule has 0 saturated heterocycles.